The lowest BCUT2D eigenvalue weighted by Crippen LogP contribution is -2.43. The summed E-state index contributed by atoms with van der Waals surface area (Å²) in [7, 11) is 2.43. The lowest BCUT2D eigenvalue weighted by Gasteiger charge is -2.22. The van der Waals surface area contributed by atoms with Crippen LogP contribution in [0.5, 0.6) is 0 Å². The number of ether oxygens (including phenoxy) is 2. The minimum Gasteiger partial charge on any atom is -0.468 e. The predicted molar refractivity (Wildman–Crippen MR) is 63.6 cm³/mol. The smallest absolute Gasteiger partial charge is 0.325 e. The molecule has 0 spiro atoms. The quantitative estimate of drug-likeness (QED) is 0.522. The van der Waals surface area contributed by atoms with Crippen molar-refractivity contribution in [1.82, 2.24) is 4.90 Å². The van der Waals surface area contributed by atoms with Crippen LogP contribution < -0.4 is 0 Å². The van der Waals surface area contributed by atoms with Crippen molar-refractivity contribution in [3.63, 3.8) is 0 Å². The van der Waals surface area contributed by atoms with Crippen molar-refractivity contribution < 1.29 is 23.9 Å². The Labute approximate surface area is 108 Å². The van der Waals surface area contributed by atoms with E-state index in [-0.39, 0.29) is 19.0 Å². The van der Waals surface area contributed by atoms with Crippen LogP contribution in [0.4, 0.5) is 0 Å². The van der Waals surface area contributed by atoms with Crippen molar-refractivity contribution in [3.05, 3.63) is 0 Å². The third-order valence-corrected chi connectivity index (χ3v) is 3.07. The molecular formula is C10H16BrNO5. The topological polar surface area (TPSA) is 72.9 Å². The summed E-state index contributed by atoms with van der Waals surface area (Å²) in [6.07, 6.45) is 0.553. The first-order valence-electron chi connectivity index (χ1n) is 5.02. The van der Waals surface area contributed by atoms with Gasteiger partial charge in [0.2, 0.25) is 5.91 Å². The van der Waals surface area contributed by atoms with Crippen LogP contribution in [0.1, 0.15) is 13.3 Å². The Morgan fingerprint density at radius 1 is 1.12 bits per heavy atom. The third kappa shape index (κ3) is 5.67. The van der Waals surface area contributed by atoms with Gasteiger partial charge in [-0.05, 0) is 6.42 Å². The number of carbonyl (C=O) groups excluding carboxylic acids is 3. The maximum absolute atomic E-state index is 11.8. The first kappa shape index (κ1) is 15.9. The number of carbonyl (C=O) groups is 3. The average molecular weight is 310 g/mol. The predicted octanol–water partition coefficient (Wildman–Crippen LogP) is 0.335. The van der Waals surface area contributed by atoms with Gasteiger partial charge in [-0.15, -0.1) is 0 Å². The molecule has 0 radical (unpaired) electrons. The zero-order chi connectivity index (χ0) is 13.4. The highest BCUT2D eigenvalue weighted by Gasteiger charge is 2.25. The Hall–Kier alpha value is -1.11. The van der Waals surface area contributed by atoms with Gasteiger partial charge in [0, 0.05) is 0 Å². The maximum Gasteiger partial charge on any atom is 0.325 e. The van der Waals surface area contributed by atoms with E-state index in [2.05, 4.69) is 25.4 Å². The second-order valence-corrected chi connectivity index (χ2v) is 4.33. The number of alkyl halides is 1. The minimum absolute atomic E-state index is 0.271. The average Bonchev–Trinajstić information content (AvgIpc) is 2.35. The van der Waals surface area contributed by atoms with E-state index in [9.17, 15) is 14.4 Å². The van der Waals surface area contributed by atoms with Gasteiger partial charge < -0.3 is 14.4 Å². The number of halogens is 1. The molecule has 6 nitrogen and oxygen atoms in total. The number of hydrogen-bond donors (Lipinski definition) is 0. The lowest BCUT2D eigenvalue weighted by atomic mass is 10.3. The van der Waals surface area contributed by atoms with E-state index in [1.807, 2.05) is 6.92 Å². The van der Waals surface area contributed by atoms with E-state index in [4.69, 9.17) is 0 Å². The third-order valence-electron chi connectivity index (χ3n) is 2.03. The van der Waals surface area contributed by atoms with Crippen molar-refractivity contribution in [2.24, 2.45) is 0 Å². The molecule has 0 aromatic heterocycles. The molecule has 0 saturated heterocycles. The number of methoxy groups -OCH3 is 2. The molecule has 1 atom stereocenters. The summed E-state index contributed by atoms with van der Waals surface area (Å²) in [4.78, 5) is 34.8. The van der Waals surface area contributed by atoms with Gasteiger partial charge in [-0.2, -0.15) is 0 Å². The molecule has 0 saturated carbocycles. The molecule has 0 N–H and O–H groups in total. The van der Waals surface area contributed by atoms with Gasteiger partial charge in [0.1, 0.15) is 13.1 Å². The SMILES string of the molecule is CCC(Br)C(=O)N(CC(=O)OC)CC(=O)OC. The Morgan fingerprint density at radius 3 is 1.82 bits per heavy atom. The highest BCUT2D eigenvalue weighted by molar-refractivity contribution is 9.10. The Balaban J connectivity index is 4.65. The molecular weight excluding hydrogens is 294 g/mol. The number of amides is 1. The van der Waals surface area contributed by atoms with Crippen molar-refractivity contribution in [2.45, 2.75) is 18.2 Å². The number of esters is 2. The Kier molecular flexibility index (Phi) is 7.53. The second kappa shape index (κ2) is 8.05. The molecule has 0 aromatic carbocycles. The molecule has 1 unspecified atom stereocenters. The highest BCUT2D eigenvalue weighted by atomic mass is 79.9. The molecule has 0 aromatic rings. The fourth-order valence-electron chi connectivity index (χ4n) is 1.03. The normalized spacial score (nSPS) is 11.5. The molecule has 98 valence electrons. The fraction of sp³-hybridized carbons (Fsp3) is 0.700. The van der Waals surface area contributed by atoms with Gasteiger partial charge in [-0.3, -0.25) is 14.4 Å². The van der Waals surface area contributed by atoms with Crippen molar-refractivity contribution in [2.75, 3.05) is 27.3 Å². The molecule has 0 fully saturated rings. The number of nitrogens with zero attached hydrogens (tertiary/aromatic N) is 1. The van der Waals surface area contributed by atoms with E-state index < -0.39 is 16.8 Å². The van der Waals surface area contributed by atoms with Gasteiger partial charge in [0.15, 0.2) is 0 Å². The summed E-state index contributed by atoms with van der Waals surface area (Å²) in [6, 6.07) is 0. The van der Waals surface area contributed by atoms with Crippen LogP contribution >= 0.6 is 15.9 Å². The molecule has 0 aliphatic carbocycles. The Bertz CT molecular complexity index is 276. The van der Waals surface area contributed by atoms with E-state index >= 15 is 0 Å². The van der Waals surface area contributed by atoms with Crippen LogP contribution in [-0.4, -0.2) is 54.9 Å². The van der Waals surface area contributed by atoms with E-state index in [0.29, 0.717) is 6.42 Å². The molecule has 0 aliphatic heterocycles. The molecule has 0 bridgehead atoms. The Morgan fingerprint density at radius 2 is 1.53 bits per heavy atom. The van der Waals surface area contributed by atoms with Crippen LogP contribution in [0.25, 0.3) is 0 Å². The summed E-state index contributed by atoms with van der Waals surface area (Å²) in [6.45, 7) is 1.27. The van der Waals surface area contributed by atoms with E-state index in [1.54, 1.807) is 0 Å². The lowest BCUT2D eigenvalue weighted by molar-refractivity contribution is -0.151. The fourth-order valence-corrected chi connectivity index (χ4v) is 1.31. The van der Waals surface area contributed by atoms with Gasteiger partial charge in [-0.25, -0.2) is 0 Å². The van der Waals surface area contributed by atoms with Crippen LogP contribution in [0.3, 0.4) is 0 Å². The molecule has 0 rings (SSSR count). The summed E-state index contributed by atoms with van der Waals surface area (Å²) < 4.78 is 8.92. The van der Waals surface area contributed by atoms with Crippen molar-refractivity contribution >= 4 is 33.8 Å². The van der Waals surface area contributed by atoms with Gasteiger partial charge in [0.05, 0.1) is 19.0 Å². The molecule has 7 heteroatoms. The number of hydrogen-bond acceptors (Lipinski definition) is 5. The van der Waals surface area contributed by atoms with Crippen LogP contribution in [0.15, 0.2) is 0 Å². The standard InChI is InChI=1S/C10H16BrNO5/c1-4-7(11)10(15)12(5-8(13)16-2)6-9(14)17-3/h7H,4-6H2,1-3H3. The van der Waals surface area contributed by atoms with Gasteiger partial charge in [0.25, 0.3) is 0 Å². The van der Waals surface area contributed by atoms with Crippen molar-refractivity contribution in [3.8, 4) is 0 Å². The second-order valence-electron chi connectivity index (χ2n) is 3.22. The number of rotatable bonds is 6. The largest absolute Gasteiger partial charge is 0.468 e. The molecule has 0 heterocycles. The zero-order valence-electron chi connectivity index (χ0n) is 10.1. The zero-order valence-corrected chi connectivity index (χ0v) is 11.7. The monoisotopic (exact) mass is 309 g/mol. The van der Waals surface area contributed by atoms with E-state index in [0.717, 1.165) is 4.90 Å². The first-order chi connectivity index (χ1) is 7.96. The summed E-state index contributed by atoms with van der Waals surface area (Å²) >= 11 is 3.17. The molecule has 1 amide bonds. The van der Waals surface area contributed by atoms with Gasteiger partial charge >= 0.3 is 11.9 Å². The summed E-state index contributed by atoms with van der Waals surface area (Å²) in [5, 5.41) is 0. The first-order valence-corrected chi connectivity index (χ1v) is 5.94. The van der Waals surface area contributed by atoms with Crippen LogP contribution in [-0.2, 0) is 23.9 Å². The van der Waals surface area contributed by atoms with E-state index in [1.165, 1.54) is 14.2 Å². The molecule has 0 aliphatic rings. The van der Waals surface area contributed by atoms with Crippen molar-refractivity contribution in [1.29, 1.82) is 0 Å². The maximum atomic E-state index is 11.8. The summed E-state index contributed by atoms with van der Waals surface area (Å²) in [5.41, 5.74) is 0. The highest BCUT2D eigenvalue weighted by Crippen LogP contribution is 2.09. The van der Waals surface area contributed by atoms with Crippen LogP contribution in [0, 0.1) is 0 Å². The summed E-state index contributed by atoms with van der Waals surface area (Å²) in [5.74, 6) is -1.51. The molecule has 17 heavy (non-hydrogen) atoms. The van der Waals surface area contributed by atoms with Gasteiger partial charge in [-0.1, -0.05) is 22.9 Å². The van der Waals surface area contributed by atoms with Crippen LogP contribution in [0.2, 0.25) is 0 Å². The minimum atomic E-state index is -0.585.